The first-order valence-electron chi connectivity index (χ1n) is 4.98. The Hall–Kier alpha value is -1.50. The smallest absolute Gasteiger partial charge is 0.397 e. The maximum Gasteiger partial charge on any atom is 0.435 e. The van der Waals surface area contributed by atoms with E-state index < -0.39 is 11.9 Å². The van der Waals surface area contributed by atoms with Crippen LogP contribution in [0.2, 0.25) is 0 Å². The molecule has 0 aliphatic rings. The average molecular weight is 320 g/mol. The van der Waals surface area contributed by atoms with Crippen molar-refractivity contribution in [3.63, 3.8) is 0 Å². The number of nitrogens with two attached hydrogens (primary N) is 1. The molecule has 0 saturated carbocycles. The van der Waals surface area contributed by atoms with Crippen LogP contribution in [-0.4, -0.2) is 9.78 Å². The van der Waals surface area contributed by atoms with E-state index in [1.807, 2.05) is 0 Å². The van der Waals surface area contributed by atoms with Crippen molar-refractivity contribution in [3.05, 3.63) is 40.1 Å². The average Bonchev–Trinajstić information content (AvgIpc) is 2.60. The number of nitrogen functional groups attached to an aromatic ring is 1. The summed E-state index contributed by atoms with van der Waals surface area (Å²) < 4.78 is 39.6. The molecule has 2 N–H and O–H groups in total. The fourth-order valence-corrected chi connectivity index (χ4v) is 1.95. The van der Waals surface area contributed by atoms with Gasteiger partial charge in [0.1, 0.15) is 0 Å². The van der Waals surface area contributed by atoms with Crippen LogP contribution >= 0.6 is 15.9 Å². The number of rotatable bonds is 1. The summed E-state index contributed by atoms with van der Waals surface area (Å²) in [6.07, 6.45) is -4.46. The third-order valence-electron chi connectivity index (χ3n) is 2.40. The molecule has 7 heteroatoms. The summed E-state index contributed by atoms with van der Waals surface area (Å²) in [4.78, 5) is 0. The second kappa shape index (κ2) is 4.31. The summed E-state index contributed by atoms with van der Waals surface area (Å²) in [6.45, 7) is 1.55. The molecule has 0 bridgehead atoms. The van der Waals surface area contributed by atoms with Gasteiger partial charge in [-0.25, -0.2) is 4.68 Å². The standard InChI is InChI=1S/C11H9BrF3N3/c1-6-4-10(11(13,14)15)17-18(6)9-3-2-7(12)5-8(9)16/h2-5H,16H2,1H3. The Balaban J connectivity index is 2.55. The second-order valence-corrected chi connectivity index (χ2v) is 4.70. The van der Waals surface area contributed by atoms with Crippen LogP contribution in [0.15, 0.2) is 28.7 Å². The summed E-state index contributed by atoms with van der Waals surface area (Å²) in [6, 6.07) is 5.91. The van der Waals surface area contributed by atoms with Gasteiger partial charge < -0.3 is 5.73 Å². The number of aromatic nitrogens is 2. The van der Waals surface area contributed by atoms with Gasteiger partial charge in [0.2, 0.25) is 0 Å². The first kappa shape index (κ1) is 12.9. The number of hydrogen-bond donors (Lipinski definition) is 1. The molecule has 0 aliphatic carbocycles. The van der Waals surface area contributed by atoms with Crippen molar-refractivity contribution in [2.75, 3.05) is 5.73 Å². The highest BCUT2D eigenvalue weighted by Gasteiger charge is 2.34. The molecule has 2 rings (SSSR count). The van der Waals surface area contributed by atoms with E-state index >= 15 is 0 Å². The molecule has 1 aromatic heterocycles. The largest absolute Gasteiger partial charge is 0.435 e. The fraction of sp³-hybridized carbons (Fsp3) is 0.182. The third-order valence-corrected chi connectivity index (χ3v) is 2.89. The Bertz CT molecular complexity index is 590. The number of aryl methyl sites for hydroxylation is 1. The zero-order valence-corrected chi connectivity index (χ0v) is 10.9. The minimum Gasteiger partial charge on any atom is -0.397 e. The predicted octanol–water partition coefficient (Wildman–Crippen LogP) is 3.54. The lowest BCUT2D eigenvalue weighted by atomic mass is 10.2. The minimum atomic E-state index is -4.46. The maximum absolute atomic E-state index is 12.5. The van der Waals surface area contributed by atoms with E-state index in [0.717, 1.165) is 10.5 Å². The lowest BCUT2D eigenvalue weighted by Gasteiger charge is -2.08. The quantitative estimate of drug-likeness (QED) is 0.817. The molecule has 0 unspecified atom stereocenters. The molecule has 96 valence electrons. The van der Waals surface area contributed by atoms with Crippen LogP contribution in [0, 0.1) is 6.92 Å². The van der Waals surface area contributed by atoms with Gasteiger partial charge in [0.25, 0.3) is 0 Å². The van der Waals surface area contributed by atoms with Gasteiger partial charge in [0.05, 0.1) is 11.4 Å². The normalized spacial score (nSPS) is 11.8. The van der Waals surface area contributed by atoms with Gasteiger partial charge in [-0.2, -0.15) is 18.3 Å². The lowest BCUT2D eigenvalue weighted by Crippen LogP contribution is -2.08. The first-order chi connectivity index (χ1) is 8.29. The van der Waals surface area contributed by atoms with Gasteiger partial charge in [-0.3, -0.25) is 0 Å². The highest BCUT2D eigenvalue weighted by molar-refractivity contribution is 9.10. The number of halogens is 4. The molecule has 18 heavy (non-hydrogen) atoms. The Labute approximate surface area is 110 Å². The molecular formula is C11H9BrF3N3. The van der Waals surface area contributed by atoms with Crippen LogP contribution < -0.4 is 5.73 Å². The predicted molar refractivity (Wildman–Crippen MR) is 65.4 cm³/mol. The lowest BCUT2D eigenvalue weighted by molar-refractivity contribution is -0.141. The van der Waals surface area contributed by atoms with Crippen LogP contribution in [0.25, 0.3) is 5.69 Å². The number of alkyl halides is 3. The molecule has 0 atom stereocenters. The first-order valence-corrected chi connectivity index (χ1v) is 5.77. The Morgan fingerprint density at radius 3 is 2.44 bits per heavy atom. The van der Waals surface area contributed by atoms with Crippen molar-refractivity contribution in [1.82, 2.24) is 9.78 Å². The molecule has 2 aromatic rings. The molecule has 1 heterocycles. The maximum atomic E-state index is 12.5. The molecule has 0 spiro atoms. The summed E-state index contributed by atoms with van der Waals surface area (Å²) in [5.41, 5.74) is 5.99. The van der Waals surface area contributed by atoms with E-state index in [0.29, 0.717) is 17.1 Å². The Morgan fingerprint density at radius 1 is 1.28 bits per heavy atom. The summed E-state index contributed by atoms with van der Waals surface area (Å²) >= 11 is 3.23. The molecule has 0 amide bonds. The van der Waals surface area contributed by atoms with Gasteiger partial charge in [-0.1, -0.05) is 15.9 Å². The van der Waals surface area contributed by atoms with Crippen LogP contribution in [0.5, 0.6) is 0 Å². The van der Waals surface area contributed by atoms with Gasteiger partial charge in [0.15, 0.2) is 5.69 Å². The summed E-state index contributed by atoms with van der Waals surface area (Å²) in [5.74, 6) is 0. The van der Waals surface area contributed by atoms with Crippen molar-refractivity contribution in [2.24, 2.45) is 0 Å². The topological polar surface area (TPSA) is 43.8 Å². The van der Waals surface area contributed by atoms with E-state index in [1.54, 1.807) is 25.1 Å². The van der Waals surface area contributed by atoms with E-state index in [-0.39, 0.29) is 0 Å². The molecule has 3 nitrogen and oxygen atoms in total. The highest BCUT2D eigenvalue weighted by atomic mass is 79.9. The van der Waals surface area contributed by atoms with Gasteiger partial charge >= 0.3 is 6.18 Å². The van der Waals surface area contributed by atoms with E-state index in [1.165, 1.54) is 4.68 Å². The van der Waals surface area contributed by atoms with Gasteiger partial charge in [0, 0.05) is 10.2 Å². The van der Waals surface area contributed by atoms with Crippen molar-refractivity contribution < 1.29 is 13.2 Å². The van der Waals surface area contributed by atoms with Gasteiger partial charge in [-0.05, 0) is 31.2 Å². The van der Waals surface area contributed by atoms with E-state index in [4.69, 9.17) is 5.73 Å². The Kier molecular flexibility index (Phi) is 3.10. The van der Waals surface area contributed by atoms with Crippen molar-refractivity contribution in [1.29, 1.82) is 0 Å². The van der Waals surface area contributed by atoms with Crippen LogP contribution in [0.3, 0.4) is 0 Å². The van der Waals surface area contributed by atoms with Crippen molar-refractivity contribution >= 4 is 21.6 Å². The zero-order valence-electron chi connectivity index (χ0n) is 9.29. The van der Waals surface area contributed by atoms with Gasteiger partial charge in [-0.15, -0.1) is 0 Å². The molecule has 0 radical (unpaired) electrons. The highest BCUT2D eigenvalue weighted by Crippen LogP contribution is 2.30. The van der Waals surface area contributed by atoms with Crippen molar-refractivity contribution in [2.45, 2.75) is 13.1 Å². The van der Waals surface area contributed by atoms with Crippen LogP contribution in [0.1, 0.15) is 11.4 Å². The SMILES string of the molecule is Cc1cc(C(F)(F)F)nn1-c1ccc(Br)cc1N. The summed E-state index contributed by atoms with van der Waals surface area (Å²) in [7, 11) is 0. The van der Waals surface area contributed by atoms with E-state index in [9.17, 15) is 13.2 Å². The zero-order chi connectivity index (χ0) is 13.5. The monoisotopic (exact) mass is 319 g/mol. The van der Waals surface area contributed by atoms with Crippen LogP contribution in [0.4, 0.5) is 18.9 Å². The molecule has 0 fully saturated rings. The number of nitrogens with zero attached hydrogens (tertiary/aromatic N) is 2. The fourth-order valence-electron chi connectivity index (χ4n) is 1.58. The minimum absolute atomic E-state index is 0.351. The van der Waals surface area contributed by atoms with E-state index in [2.05, 4.69) is 21.0 Å². The molecule has 1 aromatic carbocycles. The third kappa shape index (κ3) is 2.35. The number of hydrogen-bond acceptors (Lipinski definition) is 2. The molecule has 0 aliphatic heterocycles. The number of benzene rings is 1. The molecular weight excluding hydrogens is 311 g/mol. The van der Waals surface area contributed by atoms with Crippen LogP contribution in [-0.2, 0) is 6.18 Å². The van der Waals surface area contributed by atoms with Crippen molar-refractivity contribution in [3.8, 4) is 5.69 Å². The summed E-state index contributed by atoms with van der Waals surface area (Å²) in [5, 5.41) is 3.54. The second-order valence-electron chi connectivity index (χ2n) is 3.78. The molecule has 0 saturated heterocycles. The Morgan fingerprint density at radius 2 is 1.94 bits per heavy atom. The number of anilines is 1.